The molecule has 0 aliphatic carbocycles. The zero-order valence-corrected chi connectivity index (χ0v) is 12.0. The highest BCUT2D eigenvalue weighted by Gasteiger charge is 2.07. The largest absolute Gasteiger partial charge is 0.377 e. The third kappa shape index (κ3) is 4.28. The molecule has 0 saturated heterocycles. The Morgan fingerprint density at radius 1 is 1.56 bits per heavy atom. The van der Waals surface area contributed by atoms with Gasteiger partial charge in [0.05, 0.1) is 22.2 Å². The van der Waals surface area contributed by atoms with Gasteiger partial charge in [-0.1, -0.05) is 11.6 Å². The van der Waals surface area contributed by atoms with Gasteiger partial charge in [0.1, 0.15) is 5.82 Å². The van der Waals surface area contributed by atoms with E-state index in [9.17, 15) is 0 Å². The zero-order chi connectivity index (χ0) is 12.1. The van der Waals surface area contributed by atoms with Crippen LogP contribution in [0.2, 0.25) is 5.02 Å². The van der Waals surface area contributed by atoms with Gasteiger partial charge in [-0.05, 0) is 35.8 Å². The van der Waals surface area contributed by atoms with Gasteiger partial charge in [-0.15, -0.1) is 0 Å². The van der Waals surface area contributed by atoms with Gasteiger partial charge in [-0.3, -0.25) is 0 Å². The van der Waals surface area contributed by atoms with Crippen LogP contribution < -0.4 is 4.90 Å². The van der Waals surface area contributed by atoms with Crippen molar-refractivity contribution in [2.24, 2.45) is 0 Å². The molecule has 0 amide bonds. The molecule has 16 heavy (non-hydrogen) atoms. The second-order valence-corrected chi connectivity index (χ2v) is 5.09. The summed E-state index contributed by atoms with van der Waals surface area (Å²) in [7, 11) is 1.98. The Balaban J connectivity index is 2.55. The fraction of sp³-hybridized carbons (Fsp3) is 0.545. The number of likely N-dealkylation sites (N-methyl/N-ethyl adjacent to an activating group) is 1. The van der Waals surface area contributed by atoms with Crippen LogP contribution in [-0.4, -0.2) is 31.3 Å². The molecule has 0 aromatic carbocycles. The number of ether oxygens (including phenoxy) is 1. The number of pyridine rings is 1. The topological polar surface area (TPSA) is 25.4 Å². The number of anilines is 1. The Morgan fingerprint density at radius 3 is 2.81 bits per heavy atom. The van der Waals surface area contributed by atoms with Gasteiger partial charge < -0.3 is 9.64 Å². The molecule has 0 spiro atoms. The first-order valence-corrected chi connectivity index (χ1v) is 6.31. The van der Waals surface area contributed by atoms with Gasteiger partial charge >= 0.3 is 0 Å². The highest BCUT2D eigenvalue weighted by molar-refractivity contribution is 9.10. The van der Waals surface area contributed by atoms with Crippen molar-refractivity contribution in [3.63, 3.8) is 0 Å². The van der Waals surface area contributed by atoms with Crippen LogP contribution in [0.25, 0.3) is 0 Å². The first-order chi connectivity index (χ1) is 7.50. The summed E-state index contributed by atoms with van der Waals surface area (Å²) < 4.78 is 6.38. The van der Waals surface area contributed by atoms with Crippen molar-refractivity contribution in [1.82, 2.24) is 4.98 Å². The molecule has 0 bridgehead atoms. The first-order valence-electron chi connectivity index (χ1n) is 5.14. The van der Waals surface area contributed by atoms with Crippen LogP contribution >= 0.6 is 27.5 Å². The monoisotopic (exact) mass is 306 g/mol. The van der Waals surface area contributed by atoms with Gasteiger partial charge in [0.15, 0.2) is 0 Å². The van der Waals surface area contributed by atoms with Crippen molar-refractivity contribution < 1.29 is 4.74 Å². The van der Waals surface area contributed by atoms with Crippen LogP contribution in [0.1, 0.15) is 13.8 Å². The molecule has 0 aliphatic heterocycles. The normalized spacial score (nSPS) is 10.9. The van der Waals surface area contributed by atoms with E-state index in [4.69, 9.17) is 16.3 Å². The number of hydrogen-bond acceptors (Lipinski definition) is 3. The molecule has 1 rings (SSSR count). The van der Waals surface area contributed by atoms with Gasteiger partial charge in [-0.25, -0.2) is 4.98 Å². The minimum atomic E-state index is 0.259. The number of hydrogen-bond donors (Lipinski definition) is 0. The van der Waals surface area contributed by atoms with Gasteiger partial charge in [0.2, 0.25) is 0 Å². The number of rotatable bonds is 5. The molecule has 90 valence electrons. The van der Waals surface area contributed by atoms with Crippen LogP contribution in [0.3, 0.4) is 0 Å². The smallest absolute Gasteiger partial charge is 0.142 e. The van der Waals surface area contributed by atoms with E-state index in [1.807, 2.05) is 31.9 Å². The Hall–Kier alpha value is -0.320. The third-order valence-corrected chi connectivity index (χ3v) is 2.82. The molecule has 5 heteroatoms. The van der Waals surface area contributed by atoms with Crippen molar-refractivity contribution in [2.75, 3.05) is 25.1 Å². The van der Waals surface area contributed by atoms with Crippen LogP contribution in [0.5, 0.6) is 0 Å². The molecule has 0 fully saturated rings. The number of nitrogens with zero attached hydrogens (tertiary/aromatic N) is 2. The molecular weight excluding hydrogens is 291 g/mol. The molecule has 0 radical (unpaired) electrons. The summed E-state index contributed by atoms with van der Waals surface area (Å²) >= 11 is 9.27. The average molecular weight is 308 g/mol. The minimum absolute atomic E-state index is 0.259. The molecule has 0 aliphatic rings. The van der Waals surface area contributed by atoms with Crippen molar-refractivity contribution in [1.29, 1.82) is 0 Å². The van der Waals surface area contributed by atoms with Gasteiger partial charge in [-0.2, -0.15) is 0 Å². The summed E-state index contributed by atoms with van der Waals surface area (Å²) in [5.41, 5.74) is 0. The maximum Gasteiger partial charge on any atom is 0.142 e. The first kappa shape index (κ1) is 13.7. The van der Waals surface area contributed by atoms with Crippen molar-refractivity contribution >= 4 is 33.3 Å². The lowest BCUT2D eigenvalue weighted by molar-refractivity contribution is 0.0845. The molecule has 0 unspecified atom stereocenters. The lowest BCUT2D eigenvalue weighted by Crippen LogP contribution is -2.25. The predicted octanol–water partition coefficient (Wildman–Crippen LogP) is 3.36. The fourth-order valence-electron chi connectivity index (χ4n) is 1.22. The van der Waals surface area contributed by atoms with E-state index in [0.717, 1.165) is 16.8 Å². The highest BCUT2D eigenvalue weighted by Crippen LogP contribution is 2.25. The minimum Gasteiger partial charge on any atom is -0.377 e. The average Bonchev–Trinajstić information content (AvgIpc) is 2.16. The summed E-state index contributed by atoms with van der Waals surface area (Å²) in [6.07, 6.45) is 1.90. The maximum absolute atomic E-state index is 5.83. The molecule has 0 atom stereocenters. The number of aromatic nitrogens is 1. The van der Waals surface area contributed by atoms with Crippen LogP contribution in [0.15, 0.2) is 16.7 Å². The fourth-order valence-corrected chi connectivity index (χ4v) is 2.16. The van der Waals surface area contributed by atoms with Gasteiger partial charge in [0.25, 0.3) is 0 Å². The van der Waals surface area contributed by atoms with E-state index >= 15 is 0 Å². The summed E-state index contributed by atoms with van der Waals surface area (Å²) in [5, 5.41) is 0.627. The molecule has 1 aromatic heterocycles. The van der Waals surface area contributed by atoms with E-state index in [1.165, 1.54) is 0 Å². The Bertz CT molecular complexity index is 347. The van der Waals surface area contributed by atoms with Crippen LogP contribution in [0.4, 0.5) is 5.82 Å². The summed E-state index contributed by atoms with van der Waals surface area (Å²) in [5.74, 6) is 0.872. The van der Waals surface area contributed by atoms with Crippen LogP contribution in [-0.2, 0) is 4.74 Å². The predicted molar refractivity (Wildman–Crippen MR) is 71.3 cm³/mol. The molecule has 0 N–H and O–H groups in total. The molecule has 1 heterocycles. The summed E-state index contributed by atoms with van der Waals surface area (Å²) in [6.45, 7) is 5.53. The standard InChI is InChI=1S/C11H16BrClN2O/c1-8(2)16-5-4-15(3)11-10(12)6-9(13)7-14-11/h6-8H,4-5H2,1-3H3. The highest BCUT2D eigenvalue weighted by atomic mass is 79.9. The summed E-state index contributed by atoms with van der Waals surface area (Å²) in [6, 6.07) is 1.84. The van der Waals surface area contributed by atoms with Crippen molar-refractivity contribution in [3.8, 4) is 0 Å². The number of halogens is 2. The van der Waals surface area contributed by atoms with E-state index in [0.29, 0.717) is 11.6 Å². The maximum atomic E-state index is 5.83. The molecule has 0 saturated carbocycles. The Kier molecular flexibility index (Phi) is 5.52. The van der Waals surface area contributed by atoms with E-state index in [-0.39, 0.29) is 6.10 Å². The summed E-state index contributed by atoms with van der Waals surface area (Å²) in [4.78, 5) is 6.30. The lowest BCUT2D eigenvalue weighted by atomic mass is 10.4. The van der Waals surface area contributed by atoms with E-state index in [1.54, 1.807) is 6.20 Å². The second-order valence-electron chi connectivity index (χ2n) is 3.80. The lowest BCUT2D eigenvalue weighted by Gasteiger charge is -2.20. The Labute approximate surface area is 110 Å². The van der Waals surface area contributed by atoms with Crippen molar-refractivity contribution in [3.05, 3.63) is 21.8 Å². The molecule has 3 nitrogen and oxygen atoms in total. The zero-order valence-electron chi connectivity index (χ0n) is 9.70. The molecule has 1 aromatic rings. The third-order valence-electron chi connectivity index (χ3n) is 2.03. The van der Waals surface area contributed by atoms with E-state index < -0.39 is 0 Å². The SMILES string of the molecule is CC(C)OCCN(C)c1ncc(Cl)cc1Br. The molecular formula is C11H16BrClN2O. The van der Waals surface area contributed by atoms with Crippen molar-refractivity contribution in [2.45, 2.75) is 20.0 Å². The van der Waals surface area contributed by atoms with Crippen LogP contribution in [0, 0.1) is 0 Å². The quantitative estimate of drug-likeness (QED) is 0.834. The van der Waals surface area contributed by atoms with E-state index in [2.05, 4.69) is 20.9 Å². The second kappa shape index (κ2) is 6.42. The van der Waals surface area contributed by atoms with Gasteiger partial charge in [0, 0.05) is 19.8 Å². The Morgan fingerprint density at radius 2 is 2.25 bits per heavy atom.